The van der Waals surface area contributed by atoms with Gasteiger partial charge < -0.3 is 14.8 Å². The first-order valence-corrected chi connectivity index (χ1v) is 9.89. The largest absolute Gasteiger partial charge is 0.484 e. The van der Waals surface area contributed by atoms with Crippen molar-refractivity contribution in [1.82, 2.24) is 4.72 Å². The van der Waals surface area contributed by atoms with Crippen LogP contribution < -0.4 is 14.8 Å². The first-order chi connectivity index (χ1) is 12.8. The van der Waals surface area contributed by atoms with Gasteiger partial charge in [0.1, 0.15) is 5.75 Å². The molecule has 0 aliphatic heterocycles. The molecule has 0 radical (unpaired) electrons. The van der Waals surface area contributed by atoms with Gasteiger partial charge in [-0.3, -0.25) is 4.79 Å². The average Bonchev–Trinajstić information content (AvgIpc) is 2.60. The van der Waals surface area contributed by atoms with E-state index in [0.29, 0.717) is 11.4 Å². The fourth-order valence-electron chi connectivity index (χ4n) is 2.39. The number of methoxy groups -OCH3 is 1. The molecule has 1 unspecified atom stereocenters. The highest BCUT2D eigenvalue weighted by atomic mass is 32.2. The first kappa shape index (κ1) is 20.9. The molecule has 2 N–H and O–H groups in total. The summed E-state index contributed by atoms with van der Waals surface area (Å²) in [5.74, 6) is 0.279. The Morgan fingerprint density at radius 3 is 2.48 bits per heavy atom. The summed E-state index contributed by atoms with van der Waals surface area (Å²) in [5.41, 5.74) is 1.52. The molecule has 0 bridgehead atoms. The molecule has 0 aromatic heterocycles. The Balaban J connectivity index is 1.91. The van der Waals surface area contributed by atoms with Crippen LogP contribution in [-0.2, 0) is 19.6 Å². The summed E-state index contributed by atoms with van der Waals surface area (Å²) in [6.45, 7) is 3.78. The Labute approximate surface area is 159 Å². The number of sulfonamides is 1. The maximum Gasteiger partial charge on any atom is 0.262 e. The van der Waals surface area contributed by atoms with Gasteiger partial charge in [0.15, 0.2) is 6.61 Å². The maximum atomic E-state index is 12.3. The molecule has 27 heavy (non-hydrogen) atoms. The van der Waals surface area contributed by atoms with Crippen molar-refractivity contribution in [2.75, 3.05) is 25.6 Å². The van der Waals surface area contributed by atoms with Gasteiger partial charge in [0.05, 0.1) is 11.5 Å². The van der Waals surface area contributed by atoms with E-state index < -0.39 is 10.0 Å². The van der Waals surface area contributed by atoms with Gasteiger partial charge in [-0.2, -0.15) is 0 Å². The molecule has 0 fully saturated rings. The van der Waals surface area contributed by atoms with Crippen LogP contribution in [-0.4, -0.2) is 40.7 Å². The van der Waals surface area contributed by atoms with Crippen molar-refractivity contribution in [3.05, 3.63) is 54.1 Å². The van der Waals surface area contributed by atoms with Crippen molar-refractivity contribution < 1.29 is 22.7 Å². The second kappa shape index (κ2) is 9.50. The zero-order chi connectivity index (χ0) is 19.9. The van der Waals surface area contributed by atoms with E-state index in [0.717, 1.165) is 5.56 Å². The zero-order valence-electron chi connectivity index (χ0n) is 15.6. The topological polar surface area (TPSA) is 93.7 Å². The number of aryl methyl sites for hydroxylation is 1. The third-order valence-electron chi connectivity index (χ3n) is 3.58. The molecule has 1 amide bonds. The molecule has 0 aliphatic rings. The van der Waals surface area contributed by atoms with Crippen molar-refractivity contribution in [3.63, 3.8) is 0 Å². The molecule has 0 heterocycles. The average molecular weight is 392 g/mol. The molecule has 7 nitrogen and oxygen atoms in total. The molecule has 2 rings (SSSR count). The number of nitrogens with one attached hydrogen (secondary N) is 2. The fraction of sp³-hybridized carbons (Fsp3) is 0.316. The van der Waals surface area contributed by atoms with E-state index >= 15 is 0 Å². The number of hydrogen-bond donors (Lipinski definition) is 2. The predicted octanol–water partition coefficient (Wildman–Crippen LogP) is 2.33. The van der Waals surface area contributed by atoms with Crippen LogP contribution in [0.25, 0.3) is 0 Å². The van der Waals surface area contributed by atoms with E-state index in [4.69, 9.17) is 9.47 Å². The van der Waals surface area contributed by atoms with Crippen LogP contribution in [0, 0.1) is 6.92 Å². The molecule has 0 aliphatic carbocycles. The quantitative estimate of drug-likeness (QED) is 0.683. The summed E-state index contributed by atoms with van der Waals surface area (Å²) in [5, 5.41) is 2.67. The molecule has 0 spiro atoms. The predicted molar refractivity (Wildman–Crippen MR) is 103 cm³/mol. The van der Waals surface area contributed by atoms with Gasteiger partial charge in [0, 0.05) is 18.8 Å². The fourth-order valence-corrected chi connectivity index (χ4v) is 3.61. The molecule has 146 valence electrons. The Bertz CT molecular complexity index is 866. The van der Waals surface area contributed by atoms with E-state index in [1.807, 2.05) is 25.1 Å². The number of rotatable bonds is 9. The number of amides is 1. The summed E-state index contributed by atoms with van der Waals surface area (Å²) in [6, 6.07) is 13.0. The third kappa shape index (κ3) is 6.67. The van der Waals surface area contributed by atoms with Gasteiger partial charge >= 0.3 is 0 Å². The number of hydrogen-bond acceptors (Lipinski definition) is 5. The third-order valence-corrected chi connectivity index (χ3v) is 5.19. The number of carbonyl (C=O) groups is 1. The van der Waals surface area contributed by atoms with E-state index in [1.165, 1.54) is 31.4 Å². The molecule has 0 saturated heterocycles. The maximum absolute atomic E-state index is 12.3. The van der Waals surface area contributed by atoms with Crippen LogP contribution in [0.5, 0.6) is 5.75 Å². The summed E-state index contributed by atoms with van der Waals surface area (Å²) < 4.78 is 37.4. The lowest BCUT2D eigenvalue weighted by atomic mass is 10.2. The second-order valence-electron chi connectivity index (χ2n) is 6.16. The van der Waals surface area contributed by atoms with Gasteiger partial charge in [0.25, 0.3) is 5.91 Å². The number of anilines is 1. The molecule has 1 atom stereocenters. The summed E-state index contributed by atoms with van der Waals surface area (Å²) in [7, 11) is -2.14. The standard InChI is InChI=1S/C19H24N2O5S/c1-14-5-4-6-17(11-14)26-13-19(22)20-16-7-9-18(10-8-16)27(23,24)21-15(2)12-25-3/h4-11,15,21H,12-13H2,1-3H3,(H,20,22). The van der Waals surface area contributed by atoms with E-state index in [9.17, 15) is 13.2 Å². The highest BCUT2D eigenvalue weighted by Gasteiger charge is 2.17. The molecular weight excluding hydrogens is 368 g/mol. The highest BCUT2D eigenvalue weighted by Crippen LogP contribution is 2.15. The molecule has 0 saturated carbocycles. The van der Waals surface area contributed by atoms with E-state index in [2.05, 4.69) is 10.0 Å². The van der Waals surface area contributed by atoms with Crippen molar-refractivity contribution in [2.24, 2.45) is 0 Å². The lowest BCUT2D eigenvalue weighted by molar-refractivity contribution is -0.118. The molecule has 2 aromatic rings. The number of carbonyl (C=O) groups excluding carboxylic acids is 1. The van der Waals surface area contributed by atoms with Gasteiger partial charge in [-0.25, -0.2) is 13.1 Å². The van der Waals surface area contributed by atoms with Crippen LogP contribution in [0.3, 0.4) is 0 Å². The summed E-state index contributed by atoms with van der Waals surface area (Å²) >= 11 is 0. The van der Waals surface area contributed by atoms with E-state index in [-0.39, 0.29) is 30.1 Å². The normalized spacial score (nSPS) is 12.4. The van der Waals surface area contributed by atoms with Crippen molar-refractivity contribution in [3.8, 4) is 5.75 Å². The Morgan fingerprint density at radius 2 is 1.85 bits per heavy atom. The number of benzene rings is 2. The lowest BCUT2D eigenvalue weighted by Gasteiger charge is -2.13. The Hall–Kier alpha value is -2.42. The number of ether oxygens (including phenoxy) is 2. The van der Waals surface area contributed by atoms with Gasteiger partial charge in [0.2, 0.25) is 10.0 Å². The smallest absolute Gasteiger partial charge is 0.262 e. The Kier molecular flexibility index (Phi) is 7.35. The summed E-state index contributed by atoms with van der Waals surface area (Å²) in [6.07, 6.45) is 0. The monoisotopic (exact) mass is 392 g/mol. The van der Waals surface area contributed by atoms with Gasteiger partial charge in [-0.05, 0) is 55.8 Å². The lowest BCUT2D eigenvalue weighted by Crippen LogP contribution is -2.35. The van der Waals surface area contributed by atoms with E-state index in [1.54, 1.807) is 13.0 Å². The van der Waals surface area contributed by atoms with Crippen molar-refractivity contribution in [1.29, 1.82) is 0 Å². The molecular formula is C19H24N2O5S. The minimum Gasteiger partial charge on any atom is -0.484 e. The highest BCUT2D eigenvalue weighted by molar-refractivity contribution is 7.89. The van der Waals surface area contributed by atoms with Gasteiger partial charge in [-0.1, -0.05) is 12.1 Å². The minimum atomic E-state index is -3.64. The van der Waals surface area contributed by atoms with Gasteiger partial charge in [-0.15, -0.1) is 0 Å². The summed E-state index contributed by atoms with van der Waals surface area (Å²) in [4.78, 5) is 12.1. The second-order valence-corrected chi connectivity index (χ2v) is 7.87. The van der Waals surface area contributed by atoms with Crippen LogP contribution >= 0.6 is 0 Å². The van der Waals surface area contributed by atoms with Crippen LogP contribution in [0.2, 0.25) is 0 Å². The van der Waals surface area contributed by atoms with Crippen LogP contribution in [0.4, 0.5) is 5.69 Å². The molecule has 8 heteroatoms. The van der Waals surface area contributed by atoms with Crippen molar-refractivity contribution in [2.45, 2.75) is 24.8 Å². The molecule has 2 aromatic carbocycles. The van der Waals surface area contributed by atoms with Crippen LogP contribution in [0.15, 0.2) is 53.4 Å². The van der Waals surface area contributed by atoms with Crippen LogP contribution in [0.1, 0.15) is 12.5 Å². The SMILES string of the molecule is COCC(C)NS(=O)(=O)c1ccc(NC(=O)COc2cccc(C)c2)cc1. The Morgan fingerprint density at radius 1 is 1.15 bits per heavy atom. The minimum absolute atomic E-state index is 0.111. The van der Waals surface area contributed by atoms with Crippen molar-refractivity contribution >= 4 is 21.6 Å². The first-order valence-electron chi connectivity index (χ1n) is 8.41. The zero-order valence-corrected chi connectivity index (χ0v) is 16.4.